The first kappa shape index (κ1) is 18.8. The van der Waals surface area contributed by atoms with E-state index < -0.39 is 10.0 Å². The molecule has 3 aromatic rings. The topological polar surface area (TPSA) is 138 Å². The van der Waals surface area contributed by atoms with Crippen LogP contribution in [0, 0.1) is 5.82 Å². The molecule has 1 unspecified atom stereocenters. The molecule has 0 aliphatic carbocycles. The van der Waals surface area contributed by atoms with Crippen LogP contribution in [0.3, 0.4) is 0 Å². The van der Waals surface area contributed by atoms with Gasteiger partial charge in [-0.05, 0) is 34.5 Å². The summed E-state index contributed by atoms with van der Waals surface area (Å²) in [6.45, 7) is 0.204. The molecule has 0 fully saturated rings. The van der Waals surface area contributed by atoms with Gasteiger partial charge in [-0.15, -0.1) is 5.10 Å². The van der Waals surface area contributed by atoms with Crippen molar-refractivity contribution < 1.29 is 12.8 Å². The lowest BCUT2D eigenvalue weighted by Gasteiger charge is -2.19. The minimum Gasteiger partial charge on any atom is -0.347 e. The number of halogens is 1. The van der Waals surface area contributed by atoms with Crippen LogP contribution in [-0.2, 0) is 10.0 Å². The Morgan fingerprint density at radius 2 is 1.89 bits per heavy atom. The van der Waals surface area contributed by atoms with E-state index in [1.165, 1.54) is 12.1 Å². The smallest absolute Gasteiger partial charge is 0.223 e. The number of nitrogens with one attached hydrogen (secondary N) is 3. The van der Waals surface area contributed by atoms with E-state index in [0.29, 0.717) is 23.8 Å². The predicted molar refractivity (Wildman–Crippen MR) is 95.4 cm³/mol. The van der Waals surface area contributed by atoms with Crippen LogP contribution in [-0.4, -0.2) is 51.8 Å². The average molecular weight is 392 g/mol. The Morgan fingerprint density at radius 3 is 2.48 bits per heavy atom. The molecule has 27 heavy (non-hydrogen) atoms. The first-order valence-corrected chi connectivity index (χ1v) is 9.82. The van der Waals surface area contributed by atoms with Crippen molar-refractivity contribution in [3.8, 4) is 11.4 Å². The van der Waals surface area contributed by atoms with Gasteiger partial charge in [-0.1, -0.05) is 12.1 Å². The maximum absolute atomic E-state index is 13.2. The number of tetrazole rings is 1. The Morgan fingerprint density at radius 1 is 1.19 bits per heavy atom. The van der Waals surface area contributed by atoms with E-state index in [2.05, 4.69) is 40.6 Å². The summed E-state index contributed by atoms with van der Waals surface area (Å²) >= 11 is 0. The van der Waals surface area contributed by atoms with Crippen molar-refractivity contribution in [2.24, 2.45) is 0 Å². The molecule has 3 rings (SSSR count). The van der Waals surface area contributed by atoms with Crippen molar-refractivity contribution in [1.82, 2.24) is 35.3 Å². The zero-order chi connectivity index (χ0) is 19.3. The third-order valence-corrected chi connectivity index (χ3v) is 4.37. The van der Waals surface area contributed by atoms with Gasteiger partial charge >= 0.3 is 0 Å². The number of benzene rings is 1. The van der Waals surface area contributed by atoms with Gasteiger partial charge in [-0.2, -0.15) is 0 Å². The average Bonchev–Trinajstić information content (AvgIpc) is 3.16. The molecule has 1 aromatic carbocycles. The van der Waals surface area contributed by atoms with Gasteiger partial charge in [-0.25, -0.2) is 32.6 Å². The molecule has 3 N–H and O–H groups in total. The fraction of sp³-hybridized carbons (Fsp3) is 0.267. The van der Waals surface area contributed by atoms with Crippen molar-refractivity contribution >= 4 is 16.0 Å². The molecule has 0 aliphatic heterocycles. The fourth-order valence-electron chi connectivity index (χ4n) is 2.37. The summed E-state index contributed by atoms with van der Waals surface area (Å²) < 4.78 is 38.2. The van der Waals surface area contributed by atoms with E-state index in [1.807, 2.05) is 0 Å². The highest BCUT2D eigenvalue weighted by molar-refractivity contribution is 7.88. The number of H-pyrrole nitrogens is 1. The lowest BCUT2D eigenvalue weighted by Crippen LogP contribution is -2.26. The van der Waals surface area contributed by atoms with Crippen LogP contribution in [0.15, 0.2) is 36.7 Å². The molecule has 0 aliphatic rings. The van der Waals surface area contributed by atoms with Gasteiger partial charge in [0.15, 0.2) is 5.82 Å². The zero-order valence-electron chi connectivity index (χ0n) is 14.3. The van der Waals surface area contributed by atoms with Crippen LogP contribution in [0.5, 0.6) is 0 Å². The van der Waals surface area contributed by atoms with Crippen LogP contribution >= 0.6 is 0 Å². The van der Waals surface area contributed by atoms with Gasteiger partial charge < -0.3 is 5.32 Å². The van der Waals surface area contributed by atoms with Crippen LogP contribution in [0.1, 0.15) is 18.0 Å². The van der Waals surface area contributed by atoms with E-state index in [1.54, 1.807) is 24.5 Å². The van der Waals surface area contributed by atoms with Gasteiger partial charge in [0.2, 0.25) is 16.0 Å². The summed E-state index contributed by atoms with van der Waals surface area (Å²) in [7, 11) is -3.30. The lowest BCUT2D eigenvalue weighted by molar-refractivity contribution is 0.579. The summed E-state index contributed by atoms with van der Waals surface area (Å²) in [6.07, 6.45) is 4.60. The Labute approximate surface area is 154 Å². The molecule has 0 amide bonds. The molecule has 1 atom stereocenters. The van der Waals surface area contributed by atoms with E-state index >= 15 is 0 Å². The Balaban J connectivity index is 1.74. The summed E-state index contributed by atoms with van der Waals surface area (Å²) in [4.78, 5) is 8.45. The Kier molecular flexibility index (Phi) is 5.66. The minimum absolute atomic E-state index is 0.204. The van der Waals surface area contributed by atoms with Crippen LogP contribution < -0.4 is 10.0 Å². The second-order valence-electron chi connectivity index (χ2n) is 5.75. The number of aromatic amines is 1. The molecular weight excluding hydrogens is 375 g/mol. The largest absolute Gasteiger partial charge is 0.347 e. The zero-order valence-corrected chi connectivity index (χ0v) is 15.1. The maximum atomic E-state index is 13.2. The van der Waals surface area contributed by atoms with Gasteiger partial charge in [-0.3, -0.25) is 0 Å². The first-order chi connectivity index (χ1) is 12.9. The standard InChI is InChI=1S/C15H17FN8O2S/c1-27(25,26)19-7-6-13(10-2-4-12(16)5-3-10)20-15-17-8-11(9-18-15)14-21-23-24-22-14/h2-5,8-9,13,19H,6-7H2,1H3,(H,17,18,20)(H,21,22,23,24). The van der Waals surface area contributed by atoms with Crippen molar-refractivity contribution in [3.63, 3.8) is 0 Å². The Hall–Kier alpha value is -2.99. The minimum atomic E-state index is -3.30. The number of hydrogen-bond donors (Lipinski definition) is 3. The molecule has 10 nitrogen and oxygen atoms in total. The molecule has 0 saturated heterocycles. The predicted octanol–water partition coefficient (Wildman–Crippen LogP) is 0.888. The molecule has 2 aromatic heterocycles. The summed E-state index contributed by atoms with van der Waals surface area (Å²) in [6, 6.07) is 5.62. The molecule has 2 heterocycles. The van der Waals surface area contributed by atoms with Crippen LogP contribution in [0.2, 0.25) is 0 Å². The molecule has 0 bridgehead atoms. The normalized spacial score (nSPS) is 12.7. The van der Waals surface area contributed by atoms with Crippen molar-refractivity contribution in [1.29, 1.82) is 0 Å². The second-order valence-corrected chi connectivity index (χ2v) is 7.58. The van der Waals surface area contributed by atoms with E-state index in [9.17, 15) is 12.8 Å². The van der Waals surface area contributed by atoms with Crippen LogP contribution in [0.4, 0.5) is 10.3 Å². The summed E-state index contributed by atoms with van der Waals surface area (Å²) in [5.41, 5.74) is 1.39. The van der Waals surface area contributed by atoms with Gasteiger partial charge in [0.25, 0.3) is 0 Å². The number of hydrogen-bond acceptors (Lipinski definition) is 8. The highest BCUT2D eigenvalue weighted by Crippen LogP contribution is 2.21. The number of anilines is 1. The van der Waals surface area contributed by atoms with E-state index in [-0.39, 0.29) is 18.4 Å². The number of nitrogens with zero attached hydrogens (tertiary/aromatic N) is 5. The SMILES string of the molecule is CS(=O)(=O)NCCC(Nc1ncc(-c2nnn[nH]2)cn1)c1ccc(F)cc1. The molecule has 0 radical (unpaired) electrons. The van der Waals surface area contributed by atoms with Crippen molar-refractivity contribution in [3.05, 3.63) is 48.0 Å². The van der Waals surface area contributed by atoms with Gasteiger partial charge in [0.1, 0.15) is 5.82 Å². The van der Waals surface area contributed by atoms with Gasteiger partial charge in [0, 0.05) is 18.9 Å². The van der Waals surface area contributed by atoms with Gasteiger partial charge in [0.05, 0.1) is 17.9 Å². The number of sulfonamides is 1. The highest BCUT2D eigenvalue weighted by atomic mass is 32.2. The van der Waals surface area contributed by atoms with E-state index in [0.717, 1.165) is 11.8 Å². The third kappa shape index (κ3) is 5.49. The molecular formula is C15H17FN8O2S. The number of aromatic nitrogens is 6. The monoisotopic (exact) mass is 392 g/mol. The van der Waals surface area contributed by atoms with Crippen molar-refractivity contribution in [2.75, 3.05) is 18.1 Å². The first-order valence-electron chi connectivity index (χ1n) is 7.93. The Bertz CT molecular complexity index is 962. The molecule has 142 valence electrons. The highest BCUT2D eigenvalue weighted by Gasteiger charge is 2.14. The fourth-order valence-corrected chi connectivity index (χ4v) is 2.86. The summed E-state index contributed by atoms with van der Waals surface area (Å²) in [5, 5.41) is 16.5. The van der Waals surface area contributed by atoms with E-state index in [4.69, 9.17) is 0 Å². The molecule has 12 heteroatoms. The molecule has 0 saturated carbocycles. The third-order valence-electron chi connectivity index (χ3n) is 3.64. The quantitative estimate of drug-likeness (QED) is 0.514. The lowest BCUT2D eigenvalue weighted by atomic mass is 10.0. The second kappa shape index (κ2) is 8.14. The number of rotatable bonds is 8. The van der Waals surface area contributed by atoms with Crippen LogP contribution in [0.25, 0.3) is 11.4 Å². The maximum Gasteiger partial charge on any atom is 0.223 e. The molecule has 0 spiro atoms. The summed E-state index contributed by atoms with van der Waals surface area (Å²) in [5.74, 6) is 0.418. The van der Waals surface area contributed by atoms with Crippen molar-refractivity contribution in [2.45, 2.75) is 12.5 Å².